The Morgan fingerprint density at radius 3 is 2.10 bits per heavy atom. The molecular weight excluding hydrogens is 408 g/mol. The number of carbonyl (C=O) groups excluding carboxylic acids is 3. The van der Waals surface area contributed by atoms with Gasteiger partial charge in [0.2, 0.25) is 21.8 Å². The van der Waals surface area contributed by atoms with Crippen LogP contribution in [0.1, 0.15) is 24.2 Å². The zero-order chi connectivity index (χ0) is 22.1. The second-order valence-electron chi connectivity index (χ2n) is 6.46. The fraction of sp³-hybridized carbons (Fsp3) is 0.250. The van der Waals surface area contributed by atoms with Crippen LogP contribution in [0.15, 0.2) is 59.5 Å². The lowest BCUT2D eigenvalue weighted by atomic mass is 10.2. The highest BCUT2D eigenvalue weighted by molar-refractivity contribution is 7.89. The van der Waals surface area contributed by atoms with Crippen molar-refractivity contribution in [3.63, 3.8) is 0 Å². The van der Waals surface area contributed by atoms with Gasteiger partial charge in [-0.2, -0.15) is 4.72 Å². The van der Waals surface area contributed by atoms with Gasteiger partial charge in [0.1, 0.15) is 0 Å². The van der Waals surface area contributed by atoms with Gasteiger partial charge in [0.15, 0.2) is 0 Å². The lowest BCUT2D eigenvalue weighted by molar-refractivity contribution is -0.122. The summed E-state index contributed by atoms with van der Waals surface area (Å²) in [4.78, 5) is 35.0. The molecule has 0 saturated heterocycles. The fourth-order valence-electron chi connectivity index (χ4n) is 2.48. The van der Waals surface area contributed by atoms with Gasteiger partial charge in [0, 0.05) is 31.3 Å². The second-order valence-corrected chi connectivity index (χ2v) is 8.18. The molecule has 2 aromatic carbocycles. The largest absolute Gasteiger partial charge is 0.353 e. The van der Waals surface area contributed by atoms with E-state index >= 15 is 0 Å². The van der Waals surface area contributed by atoms with Crippen molar-refractivity contribution < 1.29 is 22.8 Å². The molecule has 1 atom stereocenters. The number of hydrogen-bond donors (Lipinski definition) is 4. The van der Waals surface area contributed by atoms with Crippen molar-refractivity contribution in [2.75, 3.05) is 18.4 Å². The average Bonchev–Trinajstić information content (AvgIpc) is 2.71. The molecule has 30 heavy (non-hydrogen) atoms. The van der Waals surface area contributed by atoms with Gasteiger partial charge in [-0.05, 0) is 43.3 Å². The lowest BCUT2D eigenvalue weighted by Crippen LogP contribution is -2.46. The molecule has 160 valence electrons. The number of sulfonamides is 1. The number of benzene rings is 2. The molecule has 10 heteroatoms. The Balaban J connectivity index is 1.81. The number of rotatable bonds is 9. The van der Waals surface area contributed by atoms with Crippen LogP contribution in [0, 0.1) is 0 Å². The smallest absolute Gasteiger partial charge is 0.251 e. The van der Waals surface area contributed by atoms with Crippen molar-refractivity contribution >= 4 is 33.4 Å². The first-order chi connectivity index (χ1) is 14.2. The quantitative estimate of drug-likeness (QED) is 0.436. The third-order valence-electron chi connectivity index (χ3n) is 3.96. The number of nitrogens with one attached hydrogen (secondary N) is 4. The molecule has 0 radical (unpaired) electrons. The molecule has 4 N–H and O–H groups in total. The van der Waals surface area contributed by atoms with Crippen molar-refractivity contribution in [2.24, 2.45) is 0 Å². The van der Waals surface area contributed by atoms with Crippen LogP contribution in [-0.4, -0.2) is 45.3 Å². The summed E-state index contributed by atoms with van der Waals surface area (Å²) in [5.41, 5.74) is 0.972. The standard InChI is InChI=1S/C20H24N4O5S/c1-14(19(26)21-12-13-22-20(27)16-6-4-3-5-7-16)24-30(28,29)18-10-8-17(9-11-18)23-15(2)25/h3-11,14,24H,12-13H2,1-2H3,(H,21,26)(H,22,27)(H,23,25)/t14-/m0/s1. The highest BCUT2D eigenvalue weighted by Gasteiger charge is 2.21. The minimum absolute atomic E-state index is 0.0358. The van der Waals surface area contributed by atoms with Crippen molar-refractivity contribution in [2.45, 2.75) is 24.8 Å². The van der Waals surface area contributed by atoms with Crippen LogP contribution in [0.3, 0.4) is 0 Å². The topological polar surface area (TPSA) is 133 Å². The normalized spacial score (nSPS) is 11.9. The zero-order valence-electron chi connectivity index (χ0n) is 16.6. The summed E-state index contributed by atoms with van der Waals surface area (Å²) < 4.78 is 27.1. The van der Waals surface area contributed by atoms with Crippen molar-refractivity contribution in [1.29, 1.82) is 0 Å². The molecule has 0 spiro atoms. The molecule has 2 rings (SSSR count). The van der Waals surface area contributed by atoms with Gasteiger partial charge < -0.3 is 16.0 Å². The monoisotopic (exact) mass is 432 g/mol. The van der Waals surface area contributed by atoms with E-state index in [1.54, 1.807) is 30.3 Å². The molecule has 0 aromatic heterocycles. The summed E-state index contributed by atoms with van der Waals surface area (Å²) in [5, 5.41) is 7.77. The second kappa shape index (κ2) is 10.5. The summed E-state index contributed by atoms with van der Waals surface area (Å²) in [6.07, 6.45) is 0. The van der Waals surface area contributed by atoms with Crippen LogP contribution >= 0.6 is 0 Å². The number of anilines is 1. The van der Waals surface area contributed by atoms with Gasteiger partial charge in [0.25, 0.3) is 5.91 Å². The first-order valence-corrected chi connectivity index (χ1v) is 10.7. The maximum Gasteiger partial charge on any atom is 0.251 e. The Labute approximate surface area is 175 Å². The van der Waals surface area contributed by atoms with E-state index in [9.17, 15) is 22.8 Å². The Morgan fingerprint density at radius 1 is 0.900 bits per heavy atom. The van der Waals surface area contributed by atoms with E-state index in [-0.39, 0.29) is 29.8 Å². The Bertz CT molecular complexity index is 992. The van der Waals surface area contributed by atoms with Gasteiger partial charge in [-0.1, -0.05) is 18.2 Å². The summed E-state index contributed by atoms with van der Waals surface area (Å²) in [6.45, 7) is 3.11. The average molecular weight is 433 g/mol. The first kappa shape index (κ1) is 23.0. The molecule has 2 aromatic rings. The minimum Gasteiger partial charge on any atom is -0.353 e. The molecule has 0 bridgehead atoms. The van der Waals surface area contributed by atoms with Gasteiger partial charge in [-0.3, -0.25) is 14.4 Å². The summed E-state index contributed by atoms with van der Waals surface area (Å²) >= 11 is 0. The van der Waals surface area contributed by atoms with E-state index < -0.39 is 22.0 Å². The Kier molecular flexibility index (Phi) is 8.07. The summed E-state index contributed by atoms with van der Waals surface area (Å²) in [5.74, 6) is -1.06. The molecule has 0 heterocycles. The minimum atomic E-state index is -3.92. The summed E-state index contributed by atoms with van der Waals surface area (Å²) in [7, 11) is -3.92. The van der Waals surface area contributed by atoms with Crippen molar-refractivity contribution in [3.8, 4) is 0 Å². The van der Waals surface area contributed by atoms with Gasteiger partial charge in [0.05, 0.1) is 10.9 Å². The maximum atomic E-state index is 12.4. The fourth-order valence-corrected chi connectivity index (χ4v) is 3.68. The van der Waals surface area contributed by atoms with Crippen LogP contribution in [0.25, 0.3) is 0 Å². The van der Waals surface area contributed by atoms with Crippen LogP contribution in [0.4, 0.5) is 5.69 Å². The van der Waals surface area contributed by atoms with Gasteiger partial charge in [-0.15, -0.1) is 0 Å². The molecule has 0 aliphatic rings. The third-order valence-corrected chi connectivity index (χ3v) is 5.51. The van der Waals surface area contributed by atoms with Crippen LogP contribution in [-0.2, 0) is 19.6 Å². The van der Waals surface area contributed by atoms with Gasteiger partial charge in [-0.25, -0.2) is 8.42 Å². The van der Waals surface area contributed by atoms with Crippen molar-refractivity contribution in [1.82, 2.24) is 15.4 Å². The molecule has 0 fully saturated rings. The molecule has 0 aliphatic heterocycles. The molecule has 0 unspecified atom stereocenters. The predicted octanol–water partition coefficient (Wildman–Crippen LogP) is 0.858. The highest BCUT2D eigenvalue weighted by atomic mass is 32.2. The number of amides is 3. The van der Waals surface area contributed by atoms with Crippen LogP contribution in [0.5, 0.6) is 0 Å². The van der Waals surface area contributed by atoms with E-state index in [2.05, 4.69) is 20.7 Å². The first-order valence-electron chi connectivity index (χ1n) is 9.20. The zero-order valence-corrected chi connectivity index (χ0v) is 17.5. The molecule has 0 aliphatic carbocycles. The third kappa shape index (κ3) is 6.98. The van der Waals surface area contributed by atoms with Crippen LogP contribution in [0.2, 0.25) is 0 Å². The molecule has 0 saturated carbocycles. The summed E-state index contributed by atoms with van der Waals surface area (Å²) in [6, 6.07) is 13.2. The number of carbonyl (C=O) groups is 3. The van der Waals surface area contributed by atoms with E-state index in [1.165, 1.54) is 38.1 Å². The predicted molar refractivity (Wildman–Crippen MR) is 112 cm³/mol. The SMILES string of the molecule is CC(=O)Nc1ccc(S(=O)(=O)N[C@@H](C)C(=O)NCCNC(=O)c2ccccc2)cc1. The number of hydrogen-bond acceptors (Lipinski definition) is 5. The Morgan fingerprint density at radius 2 is 1.50 bits per heavy atom. The van der Waals surface area contributed by atoms with E-state index in [0.717, 1.165) is 0 Å². The van der Waals surface area contributed by atoms with Crippen LogP contribution < -0.4 is 20.7 Å². The lowest BCUT2D eigenvalue weighted by Gasteiger charge is -2.15. The molecular formula is C20H24N4O5S. The van der Waals surface area contributed by atoms with Gasteiger partial charge >= 0.3 is 0 Å². The molecule has 9 nitrogen and oxygen atoms in total. The van der Waals surface area contributed by atoms with E-state index in [0.29, 0.717) is 11.3 Å². The maximum absolute atomic E-state index is 12.4. The molecule has 3 amide bonds. The van der Waals surface area contributed by atoms with E-state index in [4.69, 9.17) is 0 Å². The Hall–Kier alpha value is -3.24. The van der Waals surface area contributed by atoms with Crippen molar-refractivity contribution in [3.05, 3.63) is 60.2 Å². The van der Waals surface area contributed by atoms with E-state index in [1.807, 2.05) is 0 Å². The highest BCUT2D eigenvalue weighted by Crippen LogP contribution is 2.14.